The van der Waals surface area contributed by atoms with E-state index in [2.05, 4.69) is 10.0 Å². The summed E-state index contributed by atoms with van der Waals surface area (Å²) in [7, 11) is -2.04. The van der Waals surface area contributed by atoms with Gasteiger partial charge in [-0.05, 0) is 56.3 Å². The molecule has 6 heteroatoms. The zero-order valence-corrected chi connectivity index (χ0v) is 12.4. The van der Waals surface area contributed by atoms with Crippen LogP contribution in [0.1, 0.15) is 25.7 Å². The number of anilines is 2. The van der Waals surface area contributed by atoms with Crippen molar-refractivity contribution in [3.8, 4) is 0 Å². The Labute approximate surface area is 120 Å². The van der Waals surface area contributed by atoms with Gasteiger partial charge in [-0.2, -0.15) is 0 Å². The molecular weight excluding hydrogens is 274 g/mol. The molecule has 0 amide bonds. The van der Waals surface area contributed by atoms with E-state index in [-0.39, 0.29) is 4.90 Å². The molecule has 3 rings (SSSR count). The summed E-state index contributed by atoms with van der Waals surface area (Å²) in [5.41, 5.74) is 7.33. The molecule has 0 aromatic heterocycles. The molecule has 0 radical (unpaired) electrons. The van der Waals surface area contributed by atoms with Crippen LogP contribution in [0.3, 0.4) is 0 Å². The number of nitrogens with two attached hydrogens (primary N) is 1. The lowest BCUT2D eigenvalue weighted by molar-refractivity contribution is 0.440. The Hall–Kier alpha value is -1.27. The fourth-order valence-electron chi connectivity index (χ4n) is 3.58. The number of rotatable bonds is 4. The third kappa shape index (κ3) is 2.38. The summed E-state index contributed by atoms with van der Waals surface area (Å²) >= 11 is 0. The Morgan fingerprint density at radius 1 is 1.25 bits per heavy atom. The van der Waals surface area contributed by atoms with Gasteiger partial charge >= 0.3 is 0 Å². The van der Waals surface area contributed by atoms with Gasteiger partial charge in [0.05, 0.1) is 16.3 Å². The van der Waals surface area contributed by atoms with E-state index in [1.165, 1.54) is 38.8 Å². The fourth-order valence-corrected chi connectivity index (χ4v) is 4.34. The summed E-state index contributed by atoms with van der Waals surface area (Å²) in [5, 5.41) is 3.50. The topological polar surface area (TPSA) is 84.2 Å². The van der Waals surface area contributed by atoms with Crippen molar-refractivity contribution in [1.82, 2.24) is 4.72 Å². The van der Waals surface area contributed by atoms with E-state index in [1.807, 2.05) is 0 Å². The van der Waals surface area contributed by atoms with Crippen molar-refractivity contribution in [3.63, 3.8) is 0 Å². The molecule has 1 aromatic carbocycles. The second-order valence-corrected chi connectivity index (χ2v) is 7.77. The molecule has 0 aliphatic heterocycles. The van der Waals surface area contributed by atoms with Gasteiger partial charge in [0.1, 0.15) is 0 Å². The van der Waals surface area contributed by atoms with Crippen molar-refractivity contribution in [1.29, 1.82) is 0 Å². The SMILES string of the molecule is CNS(=O)(=O)c1ccc(NC2CC3CCC2C3)c(N)c1. The number of sulfonamides is 1. The van der Waals surface area contributed by atoms with E-state index in [0.29, 0.717) is 11.7 Å². The third-order valence-corrected chi connectivity index (χ3v) is 6.09. The average molecular weight is 295 g/mol. The quantitative estimate of drug-likeness (QED) is 0.739. The van der Waals surface area contributed by atoms with Crippen molar-refractivity contribution in [3.05, 3.63) is 18.2 Å². The standard InChI is InChI=1S/C14H21N3O2S/c1-16-20(18,19)11-4-5-13(12(15)8-11)17-14-7-9-2-3-10(14)6-9/h4-5,8-10,14,16-17H,2-3,6-7,15H2,1H3. The van der Waals surface area contributed by atoms with Crippen LogP contribution in [0.2, 0.25) is 0 Å². The van der Waals surface area contributed by atoms with Gasteiger partial charge in [0, 0.05) is 6.04 Å². The predicted octanol–water partition coefficient (Wildman–Crippen LogP) is 1.78. The fraction of sp³-hybridized carbons (Fsp3) is 0.571. The summed E-state index contributed by atoms with van der Waals surface area (Å²) < 4.78 is 25.7. The predicted molar refractivity (Wildman–Crippen MR) is 80.0 cm³/mol. The highest BCUT2D eigenvalue weighted by atomic mass is 32.2. The second kappa shape index (κ2) is 4.93. The zero-order valence-electron chi connectivity index (χ0n) is 11.6. The Morgan fingerprint density at radius 2 is 2.05 bits per heavy atom. The molecule has 2 aliphatic rings. The lowest BCUT2D eigenvalue weighted by Gasteiger charge is -2.24. The molecule has 3 unspecified atom stereocenters. The van der Waals surface area contributed by atoms with Gasteiger partial charge in [-0.25, -0.2) is 13.1 Å². The molecule has 0 saturated heterocycles. The summed E-state index contributed by atoms with van der Waals surface area (Å²) in [6.45, 7) is 0. The first-order valence-electron chi connectivity index (χ1n) is 7.09. The minimum Gasteiger partial charge on any atom is -0.397 e. The van der Waals surface area contributed by atoms with E-state index >= 15 is 0 Å². The number of nitrogens with one attached hydrogen (secondary N) is 2. The Kier molecular flexibility index (Phi) is 3.38. The summed E-state index contributed by atoms with van der Waals surface area (Å²) in [4.78, 5) is 0.205. The van der Waals surface area contributed by atoms with Crippen LogP contribution in [0.5, 0.6) is 0 Å². The molecule has 0 heterocycles. The largest absolute Gasteiger partial charge is 0.397 e. The second-order valence-electron chi connectivity index (χ2n) is 5.88. The highest BCUT2D eigenvalue weighted by Gasteiger charge is 2.39. The van der Waals surface area contributed by atoms with Crippen LogP contribution in [-0.4, -0.2) is 21.5 Å². The number of nitrogen functional groups attached to an aromatic ring is 1. The maximum atomic E-state index is 11.7. The number of hydrogen-bond donors (Lipinski definition) is 3. The molecule has 2 bridgehead atoms. The van der Waals surface area contributed by atoms with Crippen molar-refractivity contribution < 1.29 is 8.42 Å². The molecule has 0 spiro atoms. The molecule has 110 valence electrons. The molecule has 2 fully saturated rings. The van der Waals surface area contributed by atoms with Gasteiger partial charge < -0.3 is 11.1 Å². The minimum atomic E-state index is -3.43. The van der Waals surface area contributed by atoms with Crippen LogP contribution in [-0.2, 0) is 10.0 Å². The van der Waals surface area contributed by atoms with Crippen LogP contribution in [0.15, 0.2) is 23.1 Å². The van der Waals surface area contributed by atoms with Crippen LogP contribution in [0.4, 0.5) is 11.4 Å². The van der Waals surface area contributed by atoms with Gasteiger partial charge in [-0.1, -0.05) is 6.42 Å². The molecule has 3 atom stereocenters. The summed E-state index contributed by atoms with van der Waals surface area (Å²) in [6, 6.07) is 5.37. The van der Waals surface area contributed by atoms with E-state index < -0.39 is 10.0 Å². The molecular formula is C14H21N3O2S. The van der Waals surface area contributed by atoms with E-state index in [4.69, 9.17) is 5.73 Å². The average Bonchev–Trinajstić information content (AvgIpc) is 3.03. The first-order chi connectivity index (χ1) is 9.49. The number of benzene rings is 1. The van der Waals surface area contributed by atoms with Crippen molar-refractivity contribution in [2.24, 2.45) is 11.8 Å². The normalized spacial score (nSPS) is 28.8. The molecule has 1 aromatic rings. The Balaban J connectivity index is 1.78. The number of fused-ring (bicyclic) bond motifs is 2. The van der Waals surface area contributed by atoms with Crippen LogP contribution in [0.25, 0.3) is 0 Å². The first-order valence-corrected chi connectivity index (χ1v) is 8.57. The molecule has 20 heavy (non-hydrogen) atoms. The van der Waals surface area contributed by atoms with Gasteiger partial charge in [0.2, 0.25) is 10.0 Å². The van der Waals surface area contributed by atoms with Gasteiger partial charge in [-0.15, -0.1) is 0 Å². The van der Waals surface area contributed by atoms with Gasteiger partial charge in [0.15, 0.2) is 0 Å². The zero-order chi connectivity index (χ0) is 14.3. The monoisotopic (exact) mass is 295 g/mol. The van der Waals surface area contributed by atoms with E-state index in [9.17, 15) is 8.42 Å². The highest BCUT2D eigenvalue weighted by Crippen LogP contribution is 2.45. The third-order valence-electron chi connectivity index (χ3n) is 4.68. The van der Waals surface area contributed by atoms with Crippen molar-refractivity contribution in [2.45, 2.75) is 36.6 Å². The minimum absolute atomic E-state index is 0.205. The van der Waals surface area contributed by atoms with Gasteiger partial charge in [0.25, 0.3) is 0 Å². The molecule has 4 N–H and O–H groups in total. The van der Waals surface area contributed by atoms with Crippen molar-refractivity contribution in [2.75, 3.05) is 18.1 Å². The Morgan fingerprint density at radius 3 is 2.60 bits per heavy atom. The maximum absolute atomic E-state index is 11.7. The molecule has 5 nitrogen and oxygen atoms in total. The van der Waals surface area contributed by atoms with Gasteiger partial charge in [-0.3, -0.25) is 0 Å². The van der Waals surface area contributed by atoms with E-state index in [1.54, 1.807) is 12.1 Å². The summed E-state index contributed by atoms with van der Waals surface area (Å²) in [5.74, 6) is 1.61. The first kappa shape index (κ1) is 13.7. The summed E-state index contributed by atoms with van der Waals surface area (Å²) in [6.07, 6.45) is 5.19. The van der Waals surface area contributed by atoms with Crippen LogP contribution in [0, 0.1) is 11.8 Å². The lowest BCUT2D eigenvalue weighted by atomic mass is 9.95. The maximum Gasteiger partial charge on any atom is 0.240 e. The molecule has 2 aliphatic carbocycles. The number of hydrogen-bond acceptors (Lipinski definition) is 4. The van der Waals surface area contributed by atoms with E-state index in [0.717, 1.165) is 17.5 Å². The van der Waals surface area contributed by atoms with Crippen LogP contribution >= 0.6 is 0 Å². The lowest BCUT2D eigenvalue weighted by Crippen LogP contribution is -2.26. The molecule has 2 saturated carbocycles. The van der Waals surface area contributed by atoms with Crippen LogP contribution < -0.4 is 15.8 Å². The Bertz CT molecular complexity index is 615. The van der Waals surface area contributed by atoms with Crippen molar-refractivity contribution >= 4 is 21.4 Å². The highest BCUT2D eigenvalue weighted by molar-refractivity contribution is 7.89. The smallest absolute Gasteiger partial charge is 0.240 e.